The summed E-state index contributed by atoms with van der Waals surface area (Å²) in [5.41, 5.74) is 3.13. The van der Waals surface area contributed by atoms with Crippen molar-refractivity contribution in [3.05, 3.63) is 77.6 Å². The van der Waals surface area contributed by atoms with Crippen LogP contribution in [0.2, 0.25) is 0 Å². The van der Waals surface area contributed by atoms with E-state index in [1.54, 1.807) is 37.3 Å². The van der Waals surface area contributed by atoms with E-state index in [2.05, 4.69) is 20.6 Å². The highest BCUT2D eigenvalue weighted by Gasteiger charge is 2.10. The van der Waals surface area contributed by atoms with Crippen molar-refractivity contribution in [2.45, 2.75) is 13.8 Å². The molecule has 0 atom stereocenters. The molecule has 0 saturated heterocycles. The number of nitrogens with zero attached hydrogens (tertiary/aromatic N) is 2. The fourth-order valence-electron chi connectivity index (χ4n) is 2.50. The number of rotatable bonds is 6. The molecule has 1 amide bonds. The number of esters is 1. The molecule has 0 radical (unpaired) electrons. The zero-order valence-electron chi connectivity index (χ0n) is 15.6. The number of ether oxygens (including phenoxy) is 1. The number of benzene rings is 2. The molecule has 7 nitrogen and oxygen atoms in total. The van der Waals surface area contributed by atoms with Gasteiger partial charge in [0.1, 0.15) is 5.69 Å². The first-order chi connectivity index (χ1) is 13.5. The molecule has 0 fully saturated rings. The monoisotopic (exact) mass is 376 g/mol. The predicted molar refractivity (Wildman–Crippen MR) is 107 cm³/mol. The molecule has 142 valence electrons. The molecule has 28 heavy (non-hydrogen) atoms. The van der Waals surface area contributed by atoms with E-state index in [-0.39, 0.29) is 23.5 Å². The van der Waals surface area contributed by atoms with Crippen LogP contribution in [-0.2, 0) is 4.74 Å². The van der Waals surface area contributed by atoms with Gasteiger partial charge >= 0.3 is 5.97 Å². The van der Waals surface area contributed by atoms with Crippen molar-refractivity contribution in [3.8, 4) is 0 Å². The zero-order valence-corrected chi connectivity index (χ0v) is 15.6. The number of aryl methyl sites for hydroxylation is 1. The Labute approximate surface area is 162 Å². The third kappa shape index (κ3) is 4.91. The second-order valence-electron chi connectivity index (χ2n) is 6.01. The zero-order chi connectivity index (χ0) is 19.9. The number of carbonyl (C=O) groups excluding carboxylic acids is 2. The van der Waals surface area contributed by atoms with Crippen molar-refractivity contribution >= 4 is 29.2 Å². The normalized spacial score (nSPS) is 10.2. The SMILES string of the molecule is CCOC(=O)c1ccc(Nc2nccc(C(=O)Nc3cccc(C)c3)n2)cc1. The Morgan fingerprint density at radius 3 is 2.54 bits per heavy atom. The topological polar surface area (TPSA) is 93.2 Å². The minimum atomic E-state index is -0.375. The van der Waals surface area contributed by atoms with Gasteiger partial charge in [-0.1, -0.05) is 12.1 Å². The van der Waals surface area contributed by atoms with Crippen LogP contribution < -0.4 is 10.6 Å². The van der Waals surface area contributed by atoms with Gasteiger partial charge in [-0.3, -0.25) is 4.79 Å². The van der Waals surface area contributed by atoms with Gasteiger partial charge in [-0.05, 0) is 61.9 Å². The average molecular weight is 376 g/mol. The molecule has 0 aliphatic carbocycles. The van der Waals surface area contributed by atoms with Gasteiger partial charge in [-0.25, -0.2) is 14.8 Å². The third-order valence-electron chi connectivity index (χ3n) is 3.82. The van der Waals surface area contributed by atoms with Crippen LogP contribution in [0.3, 0.4) is 0 Å². The van der Waals surface area contributed by atoms with Gasteiger partial charge in [0.25, 0.3) is 5.91 Å². The van der Waals surface area contributed by atoms with E-state index in [0.717, 1.165) is 5.56 Å². The van der Waals surface area contributed by atoms with Gasteiger partial charge in [0.2, 0.25) is 5.95 Å². The Morgan fingerprint density at radius 2 is 1.82 bits per heavy atom. The summed E-state index contributed by atoms with van der Waals surface area (Å²) < 4.78 is 4.96. The first-order valence-electron chi connectivity index (χ1n) is 8.80. The fourth-order valence-corrected chi connectivity index (χ4v) is 2.50. The Morgan fingerprint density at radius 1 is 1.04 bits per heavy atom. The molecular formula is C21H20N4O3. The molecule has 0 aliphatic heterocycles. The van der Waals surface area contributed by atoms with E-state index >= 15 is 0 Å². The van der Waals surface area contributed by atoms with E-state index < -0.39 is 0 Å². The van der Waals surface area contributed by atoms with Gasteiger partial charge in [0, 0.05) is 17.6 Å². The predicted octanol–water partition coefficient (Wildman–Crippen LogP) is 3.96. The molecule has 1 heterocycles. The van der Waals surface area contributed by atoms with E-state index in [0.29, 0.717) is 23.5 Å². The molecule has 3 aromatic rings. The maximum absolute atomic E-state index is 12.4. The maximum Gasteiger partial charge on any atom is 0.338 e. The van der Waals surface area contributed by atoms with Crippen molar-refractivity contribution < 1.29 is 14.3 Å². The van der Waals surface area contributed by atoms with Gasteiger partial charge in [0.05, 0.1) is 12.2 Å². The second kappa shape index (κ2) is 8.77. The number of anilines is 3. The standard InChI is InChI=1S/C21H20N4O3/c1-3-28-20(27)15-7-9-16(10-8-15)24-21-22-12-11-18(25-21)19(26)23-17-6-4-5-14(2)13-17/h4-13H,3H2,1-2H3,(H,23,26)(H,22,24,25). The molecule has 0 spiro atoms. The number of aromatic nitrogens is 2. The number of amides is 1. The first kappa shape index (κ1) is 19.0. The van der Waals surface area contributed by atoms with Crippen LogP contribution in [0, 0.1) is 6.92 Å². The van der Waals surface area contributed by atoms with Gasteiger partial charge in [-0.2, -0.15) is 0 Å². The lowest BCUT2D eigenvalue weighted by atomic mass is 10.2. The summed E-state index contributed by atoms with van der Waals surface area (Å²) in [4.78, 5) is 32.5. The lowest BCUT2D eigenvalue weighted by Crippen LogP contribution is -2.14. The summed E-state index contributed by atoms with van der Waals surface area (Å²) in [6, 6.07) is 15.8. The van der Waals surface area contributed by atoms with Crippen LogP contribution >= 0.6 is 0 Å². The maximum atomic E-state index is 12.4. The lowest BCUT2D eigenvalue weighted by Gasteiger charge is -2.08. The van der Waals surface area contributed by atoms with Gasteiger partial charge in [-0.15, -0.1) is 0 Å². The highest BCUT2D eigenvalue weighted by molar-refractivity contribution is 6.03. The minimum Gasteiger partial charge on any atom is -0.462 e. The van der Waals surface area contributed by atoms with E-state index in [9.17, 15) is 9.59 Å². The van der Waals surface area contributed by atoms with E-state index in [4.69, 9.17) is 4.74 Å². The van der Waals surface area contributed by atoms with E-state index in [1.807, 2.05) is 31.2 Å². The van der Waals surface area contributed by atoms with Crippen molar-refractivity contribution in [2.75, 3.05) is 17.2 Å². The molecule has 3 rings (SSSR count). The molecule has 0 saturated carbocycles. The quantitative estimate of drug-likeness (QED) is 0.633. The highest BCUT2D eigenvalue weighted by atomic mass is 16.5. The number of carbonyl (C=O) groups is 2. The van der Waals surface area contributed by atoms with Crippen molar-refractivity contribution in [2.24, 2.45) is 0 Å². The molecule has 7 heteroatoms. The summed E-state index contributed by atoms with van der Waals surface area (Å²) in [6.07, 6.45) is 1.51. The molecule has 2 N–H and O–H groups in total. The molecular weight excluding hydrogens is 356 g/mol. The largest absolute Gasteiger partial charge is 0.462 e. The minimum absolute atomic E-state index is 0.238. The lowest BCUT2D eigenvalue weighted by molar-refractivity contribution is 0.0526. The molecule has 1 aromatic heterocycles. The number of nitrogens with one attached hydrogen (secondary N) is 2. The molecule has 0 unspecified atom stereocenters. The summed E-state index contributed by atoms with van der Waals surface area (Å²) in [5.74, 6) is -0.422. The van der Waals surface area contributed by atoms with Crippen LogP contribution in [0.4, 0.5) is 17.3 Å². The van der Waals surface area contributed by atoms with Crippen molar-refractivity contribution in [1.29, 1.82) is 0 Å². The fraction of sp³-hybridized carbons (Fsp3) is 0.143. The smallest absolute Gasteiger partial charge is 0.338 e. The molecule has 0 bridgehead atoms. The first-order valence-corrected chi connectivity index (χ1v) is 8.80. The van der Waals surface area contributed by atoms with Crippen molar-refractivity contribution in [1.82, 2.24) is 9.97 Å². The van der Waals surface area contributed by atoms with Gasteiger partial charge < -0.3 is 15.4 Å². The van der Waals surface area contributed by atoms with Gasteiger partial charge in [0.15, 0.2) is 0 Å². The Kier molecular flexibility index (Phi) is 5.96. The van der Waals surface area contributed by atoms with Crippen LogP contribution in [0.5, 0.6) is 0 Å². The van der Waals surface area contributed by atoms with E-state index in [1.165, 1.54) is 6.20 Å². The Balaban J connectivity index is 1.69. The number of hydrogen-bond donors (Lipinski definition) is 2. The summed E-state index contributed by atoms with van der Waals surface area (Å²) in [5, 5.41) is 5.83. The van der Waals surface area contributed by atoms with Crippen LogP contribution in [0.15, 0.2) is 60.8 Å². The van der Waals surface area contributed by atoms with Crippen LogP contribution in [0.25, 0.3) is 0 Å². The van der Waals surface area contributed by atoms with Crippen molar-refractivity contribution in [3.63, 3.8) is 0 Å². The molecule has 0 aliphatic rings. The summed E-state index contributed by atoms with van der Waals surface area (Å²) in [7, 11) is 0. The Bertz CT molecular complexity index is 987. The second-order valence-corrected chi connectivity index (χ2v) is 6.01. The van der Waals surface area contributed by atoms with Crippen LogP contribution in [-0.4, -0.2) is 28.5 Å². The number of hydrogen-bond acceptors (Lipinski definition) is 6. The summed E-state index contributed by atoms with van der Waals surface area (Å²) in [6.45, 7) is 4.03. The highest BCUT2D eigenvalue weighted by Crippen LogP contribution is 2.16. The summed E-state index contributed by atoms with van der Waals surface area (Å²) >= 11 is 0. The molecule has 2 aromatic carbocycles. The Hall–Kier alpha value is -3.74. The third-order valence-corrected chi connectivity index (χ3v) is 3.82. The average Bonchev–Trinajstić information content (AvgIpc) is 2.69. The van der Waals surface area contributed by atoms with Crippen LogP contribution in [0.1, 0.15) is 33.3 Å².